The zero-order chi connectivity index (χ0) is 17.2. The highest BCUT2D eigenvalue weighted by molar-refractivity contribution is 6.04. The van der Waals surface area contributed by atoms with Crippen LogP contribution in [0, 0.1) is 6.92 Å². The maximum Gasteiger partial charge on any atom is 0.274 e. The Morgan fingerprint density at radius 3 is 3.16 bits per heavy atom. The first-order chi connectivity index (χ1) is 12.2. The van der Waals surface area contributed by atoms with E-state index >= 15 is 0 Å². The van der Waals surface area contributed by atoms with E-state index in [-0.39, 0.29) is 12.0 Å². The number of imidazole rings is 1. The average molecular weight is 339 g/mol. The molecule has 1 saturated heterocycles. The van der Waals surface area contributed by atoms with Crippen LogP contribution in [0.25, 0.3) is 5.65 Å². The Morgan fingerprint density at radius 2 is 2.32 bits per heavy atom. The fourth-order valence-corrected chi connectivity index (χ4v) is 3.27. The predicted octanol–water partition coefficient (Wildman–Crippen LogP) is 2.66. The predicted molar refractivity (Wildman–Crippen MR) is 93.7 cm³/mol. The van der Waals surface area contributed by atoms with Crippen LogP contribution in [-0.2, 0) is 11.3 Å². The topological polar surface area (TPSA) is 73.5 Å². The van der Waals surface area contributed by atoms with Gasteiger partial charge < -0.3 is 10.1 Å². The van der Waals surface area contributed by atoms with Crippen molar-refractivity contribution in [2.24, 2.45) is 0 Å². The molecule has 0 saturated carbocycles. The quantitative estimate of drug-likeness (QED) is 0.793. The van der Waals surface area contributed by atoms with Gasteiger partial charge in [0.25, 0.3) is 5.91 Å². The van der Waals surface area contributed by atoms with Crippen LogP contribution in [0.4, 0.5) is 5.69 Å². The van der Waals surface area contributed by atoms with Gasteiger partial charge in [-0.2, -0.15) is 5.10 Å². The number of hydrogen-bond donors (Lipinski definition) is 1. The van der Waals surface area contributed by atoms with Gasteiger partial charge in [-0.15, -0.1) is 0 Å². The number of amides is 1. The van der Waals surface area contributed by atoms with E-state index in [9.17, 15) is 4.79 Å². The first-order valence-corrected chi connectivity index (χ1v) is 8.60. The first-order valence-electron chi connectivity index (χ1n) is 8.60. The molecule has 0 aliphatic carbocycles. The summed E-state index contributed by atoms with van der Waals surface area (Å²) in [4.78, 5) is 17.1. The van der Waals surface area contributed by atoms with Crippen LogP contribution in [0.1, 0.15) is 35.4 Å². The van der Waals surface area contributed by atoms with Crippen molar-refractivity contribution >= 4 is 17.2 Å². The highest BCUT2D eigenvalue weighted by atomic mass is 16.5. The van der Waals surface area contributed by atoms with Gasteiger partial charge in [0, 0.05) is 19.0 Å². The van der Waals surface area contributed by atoms with Gasteiger partial charge in [-0.25, -0.2) is 4.98 Å². The van der Waals surface area contributed by atoms with Crippen LogP contribution in [0.15, 0.2) is 36.8 Å². The summed E-state index contributed by atoms with van der Waals surface area (Å²) in [5, 5.41) is 7.24. The van der Waals surface area contributed by atoms with E-state index in [4.69, 9.17) is 4.74 Å². The first kappa shape index (κ1) is 15.8. The third kappa shape index (κ3) is 3.28. The van der Waals surface area contributed by atoms with E-state index in [1.165, 1.54) is 6.42 Å². The molecule has 4 rings (SSSR count). The van der Waals surface area contributed by atoms with Crippen LogP contribution >= 0.6 is 0 Å². The number of nitrogens with zero attached hydrogens (tertiary/aromatic N) is 4. The van der Waals surface area contributed by atoms with Crippen LogP contribution in [0.5, 0.6) is 0 Å². The zero-order valence-electron chi connectivity index (χ0n) is 14.2. The van der Waals surface area contributed by atoms with Gasteiger partial charge in [0.15, 0.2) is 0 Å². The highest BCUT2D eigenvalue weighted by Crippen LogP contribution is 2.17. The van der Waals surface area contributed by atoms with Gasteiger partial charge in [-0.1, -0.05) is 6.07 Å². The lowest BCUT2D eigenvalue weighted by Gasteiger charge is -2.22. The summed E-state index contributed by atoms with van der Waals surface area (Å²) in [5.74, 6) is -0.190. The zero-order valence-corrected chi connectivity index (χ0v) is 14.2. The molecule has 7 nitrogen and oxygen atoms in total. The lowest BCUT2D eigenvalue weighted by molar-refractivity contribution is 0.00401. The minimum atomic E-state index is -0.190. The number of fused-ring (bicyclic) bond motifs is 1. The summed E-state index contributed by atoms with van der Waals surface area (Å²) >= 11 is 0. The summed E-state index contributed by atoms with van der Waals surface area (Å²) in [7, 11) is 0. The number of carbonyl (C=O) groups is 1. The van der Waals surface area contributed by atoms with Gasteiger partial charge in [0.2, 0.25) is 0 Å². The smallest absolute Gasteiger partial charge is 0.274 e. The van der Waals surface area contributed by atoms with Crippen molar-refractivity contribution in [3.05, 3.63) is 48.2 Å². The van der Waals surface area contributed by atoms with Crippen LogP contribution in [0.3, 0.4) is 0 Å². The summed E-state index contributed by atoms with van der Waals surface area (Å²) in [5.41, 5.74) is 2.67. The lowest BCUT2D eigenvalue weighted by Crippen LogP contribution is -2.24. The second-order valence-electron chi connectivity index (χ2n) is 6.37. The molecule has 1 N–H and O–H groups in total. The van der Waals surface area contributed by atoms with Crippen molar-refractivity contribution in [2.45, 2.75) is 38.8 Å². The van der Waals surface area contributed by atoms with Crippen molar-refractivity contribution in [1.82, 2.24) is 19.2 Å². The Hall–Kier alpha value is -2.67. The Morgan fingerprint density at radius 1 is 1.40 bits per heavy atom. The number of carbonyl (C=O) groups excluding carboxylic acids is 1. The van der Waals surface area contributed by atoms with E-state index in [2.05, 4.69) is 15.4 Å². The van der Waals surface area contributed by atoms with Gasteiger partial charge in [0.1, 0.15) is 11.3 Å². The Bertz CT molecular complexity index is 892. The Balaban J connectivity index is 1.48. The van der Waals surface area contributed by atoms with E-state index in [0.29, 0.717) is 23.6 Å². The maximum atomic E-state index is 12.7. The number of hydrogen-bond acceptors (Lipinski definition) is 4. The second-order valence-corrected chi connectivity index (χ2v) is 6.37. The fraction of sp³-hybridized carbons (Fsp3) is 0.389. The minimum absolute atomic E-state index is 0.190. The standard InChI is InChI=1S/C18H21N5O2/c1-13-17(23-8-4-2-7-16(23)20-13)18(24)21-14-10-19-22(11-14)12-15-6-3-5-9-25-15/h2,4,7-8,10-11,15H,3,5-6,9,12H2,1H3,(H,21,24). The number of nitrogens with one attached hydrogen (secondary N) is 1. The summed E-state index contributed by atoms with van der Waals surface area (Å²) in [6.45, 7) is 3.37. The molecule has 1 aliphatic rings. The van der Waals surface area contributed by atoms with Crippen molar-refractivity contribution in [3.8, 4) is 0 Å². The molecule has 3 aromatic rings. The monoisotopic (exact) mass is 339 g/mol. The Kier molecular flexibility index (Phi) is 4.23. The summed E-state index contributed by atoms with van der Waals surface area (Å²) in [6, 6.07) is 5.67. The van der Waals surface area contributed by atoms with Crippen molar-refractivity contribution in [1.29, 1.82) is 0 Å². The molecule has 7 heteroatoms. The number of aryl methyl sites for hydroxylation is 1. The minimum Gasteiger partial charge on any atom is -0.376 e. The molecule has 1 fully saturated rings. The van der Waals surface area contributed by atoms with Crippen LogP contribution in [-0.4, -0.2) is 37.8 Å². The second kappa shape index (κ2) is 6.68. The van der Waals surface area contributed by atoms with Gasteiger partial charge in [0.05, 0.1) is 30.2 Å². The third-order valence-electron chi connectivity index (χ3n) is 4.48. The van der Waals surface area contributed by atoms with E-state index in [0.717, 1.165) is 25.1 Å². The van der Waals surface area contributed by atoms with E-state index < -0.39 is 0 Å². The third-order valence-corrected chi connectivity index (χ3v) is 4.48. The molecule has 0 bridgehead atoms. The van der Waals surface area contributed by atoms with Crippen molar-refractivity contribution in [2.75, 3.05) is 11.9 Å². The number of aromatic nitrogens is 4. The van der Waals surface area contributed by atoms with Crippen molar-refractivity contribution in [3.63, 3.8) is 0 Å². The SMILES string of the molecule is Cc1nc2ccccn2c1C(=O)Nc1cnn(CC2CCCCO2)c1. The normalized spacial score (nSPS) is 17.7. The number of pyridine rings is 1. The number of rotatable bonds is 4. The number of ether oxygens (including phenoxy) is 1. The molecule has 0 aromatic carbocycles. The fourth-order valence-electron chi connectivity index (χ4n) is 3.27. The molecule has 4 heterocycles. The van der Waals surface area contributed by atoms with Gasteiger partial charge in [-0.05, 0) is 38.3 Å². The molecule has 1 atom stereocenters. The molecule has 130 valence electrons. The van der Waals surface area contributed by atoms with Crippen molar-refractivity contribution < 1.29 is 9.53 Å². The molecule has 25 heavy (non-hydrogen) atoms. The highest BCUT2D eigenvalue weighted by Gasteiger charge is 2.18. The molecule has 1 amide bonds. The van der Waals surface area contributed by atoms with E-state index in [1.807, 2.05) is 42.2 Å². The number of anilines is 1. The summed E-state index contributed by atoms with van der Waals surface area (Å²) < 4.78 is 9.36. The maximum absolute atomic E-state index is 12.7. The molecule has 1 unspecified atom stereocenters. The molecular weight excluding hydrogens is 318 g/mol. The summed E-state index contributed by atoms with van der Waals surface area (Å²) in [6.07, 6.45) is 8.95. The molecular formula is C18H21N5O2. The molecule has 0 radical (unpaired) electrons. The van der Waals surface area contributed by atoms with Crippen LogP contribution < -0.4 is 5.32 Å². The average Bonchev–Trinajstić information content (AvgIpc) is 3.18. The molecule has 1 aliphatic heterocycles. The molecule has 0 spiro atoms. The lowest BCUT2D eigenvalue weighted by atomic mass is 10.1. The van der Waals surface area contributed by atoms with Crippen LogP contribution in [0.2, 0.25) is 0 Å². The Labute approximate surface area is 145 Å². The van der Waals surface area contributed by atoms with E-state index in [1.54, 1.807) is 10.6 Å². The largest absolute Gasteiger partial charge is 0.376 e. The molecule has 3 aromatic heterocycles. The van der Waals surface area contributed by atoms with Gasteiger partial charge in [-0.3, -0.25) is 13.9 Å². The van der Waals surface area contributed by atoms with Gasteiger partial charge >= 0.3 is 0 Å².